The number of hydrogen-bond acceptors (Lipinski definition) is 6. The van der Waals surface area contributed by atoms with Gasteiger partial charge in [-0.1, -0.05) is 0 Å². The maximum Gasteiger partial charge on any atom is 0.250 e. The van der Waals surface area contributed by atoms with Crippen LogP contribution in [0.25, 0.3) is 0 Å². The monoisotopic (exact) mass is 318 g/mol. The summed E-state index contributed by atoms with van der Waals surface area (Å²) in [5, 5.41) is 10.0. The largest absolute Gasteiger partial charge is 0.391 e. The minimum atomic E-state index is -3.52. The highest BCUT2D eigenvalue weighted by atomic mass is 32.2. The number of aliphatic hydroxyl groups excluding tert-OH is 1. The number of thiazole rings is 1. The summed E-state index contributed by atoms with van der Waals surface area (Å²) in [7, 11) is -3.52. The Labute approximate surface area is 120 Å². The molecule has 0 saturated carbocycles. The maximum absolute atomic E-state index is 12.1. The highest BCUT2D eigenvalue weighted by Gasteiger charge is 2.18. The van der Waals surface area contributed by atoms with Crippen LogP contribution in [0.4, 0.5) is 0 Å². The van der Waals surface area contributed by atoms with Gasteiger partial charge in [0.2, 0.25) is 10.0 Å². The molecule has 0 spiro atoms. The van der Waals surface area contributed by atoms with Gasteiger partial charge in [0.25, 0.3) is 0 Å². The van der Waals surface area contributed by atoms with Gasteiger partial charge in [-0.25, -0.2) is 18.1 Å². The smallest absolute Gasteiger partial charge is 0.250 e. The van der Waals surface area contributed by atoms with Crippen molar-refractivity contribution in [1.82, 2.24) is 9.71 Å². The van der Waals surface area contributed by atoms with Crippen LogP contribution in [0.3, 0.4) is 0 Å². The van der Waals surface area contributed by atoms with Gasteiger partial charge in [-0.3, -0.25) is 0 Å². The second-order valence-electron chi connectivity index (χ2n) is 4.00. The Morgan fingerprint density at radius 1 is 1.37 bits per heavy atom. The van der Waals surface area contributed by atoms with E-state index in [1.807, 2.05) is 6.92 Å². The lowest BCUT2D eigenvalue weighted by atomic mass is 10.3. The Hall–Kier alpha value is -0.800. The normalized spacial score (nSPS) is 11.9. The van der Waals surface area contributed by atoms with Gasteiger partial charge < -0.3 is 5.11 Å². The van der Waals surface area contributed by atoms with Crippen molar-refractivity contribution in [3.63, 3.8) is 0 Å². The average Bonchev–Trinajstić information content (AvgIpc) is 2.93. The van der Waals surface area contributed by atoms with Crippen LogP contribution in [0.1, 0.15) is 20.3 Å². The number of rotatable bonds is 5. The summed E-state index contributed by atoms with van der Waals surface area (Å²) in [5.74, 6) is 0. The van der Waals surface area contributed by atoms with Crippen molar-refractivity contribution in [2.45, 2.75) is 31.2 Å². The molecule has 0 bridgehead atoms. The summed E-state index contributed by atoms with van der Waals surface area (Å²) in [6.07, 6.45) is 1.67. The van der Waals surface area contributed by atoms with Crippen molar-refractivity contribution >= 4 is 32.7 Å². The number of nitrogens with zero attached hydrogens (tertiary/aromatic N) is 1. The third-order valence-corrected chi connectivity index (χ3v) is 6.52. The van der Waals surface area contributed by atoms with Gasteiger partial charge >= 0.3 is 0 Å². The predicted molar refractivity (Wildman–Crippen MR) is 75.9 cm³/mol. The standard InChI is InChI=1S/C11H14N2O3S3/c1-7-3-11(18-10(7)6-14)19(15,16)13-5-9-4-12-8(2)17-9/h3-4,13-14H,5-6H2,1-2H3. The van der Waals surface area contributed by atoms with Crippen molar-refractivity contribution in [2.75, 3.05) is 0 Å². The van der Waals surface area contributed by atoms with Gasteiger partial charge in [0.15, 0.2) is 0 Å². The fraction of sp³-hybridized carbons (Fsp3) is 0.364. The zero-order valence-corrected chi connectivity index (χ0v) is 13.0. The van der Waals surface area contributed by atoms with Gasteiger partial charge in [0.1, 0.15) is 4.21 Å². The molecule has 0 amide bonds. The van der Waals surface area contributed by atoms with E-state index in [0.717, 1.165) is 26.8 Å². The molecule has 0 aliphatic carbocycles. The van der Waals surface area contributed by atoms with Crippen LogP contribution in [-0.4, -0.2) is 18.5 Å². The lowest BCUT2D eigenvalue weighted by Crippen LogP contribution is -2.21. The fourth-order valence-electron chi connectivity index (χ4n) is 1.50. The number of thiophene rings is 1. The van der Waals surface area contributed by atoms with Crippen LogP contribution >= 0.6 is 22.7 Å². The molecule has 0 aromatic carbocycles. The predicted octanol–water partition coefficient (Wildman–Crippen LogP) is 1.79. The van der Waals surface area contributed by atoms with Crippen molar-refractivity contribution in [3.05, 3.63) is 32.6 Å². The first-order chi connectivity index (χ1) is 8.92. The van der Waals surface area contributed by atoms with Crippen LogP contribution in [0, 0.1) is 13.8 Å². The Kier molecular flexibility index (Phi) is 4.36. The van der Waals surface area contributed by atoms with Crippen LogP contribution in [0.5, 0.6) is 0 Å². The quantitative estimate of drug-likeness (QED) is 0.881. The highest BCUT2D eigenvalue weighted by molar-refractivity contribution is 7.91. The molecule has 5 nitrogen and oxygen atoms in total. The number of aryl methyl sites for hydroxylation is 2. The number of sulfonamides is 1. The van der Waals surface area contributed by atoms with E-state index < -0.39 is 10.0 Å². The SMILES string of the molecule is Cc1ncc(CNS(=O)(=O)c2cc(C)c(CO)s2)s1. The molecule has 19 heavy (non-hydrogen) atoms. The van der Waals surface area contributed by atoms with E-state index in [-0.39, 0.29) is 17.4 Å². The van der Waals surface area contributed by atoms with Gasteiger partial charge in [0.05, 0.1) is 11.6 Å². The number of hydrogen-bond donors (Lipinski definition) is 2. The summed E-state index contributed by atoms with van der Waals surface area (Å²) in [4.78, 5) is 5.62. The lowest BCUT2D eigenvalue weighted by Gasteiger charge is -2.02. The molecule has 0 radical (unpaired) electrons. The van der Waals surface area contributed by atoms with E-state index in [4.69, 9.17) is 5.11 Å². The van der Waals surface area contributed by atoms with Crippen LogP contribution in [-0.2, 0) is 23.2 Å². The first-order valence-corrected chi connectivity index (χ1v) is 8.65. The second-order valence-corrected chi connectivity index (χ2v) is 8.45. The topological polar surface area (TPSA) is 79.3 Å². The van der Waals surface area contributed by atoms with Crippen molar-refractivity contribution in [3.8, 4) is 0 Å². The van der Waals surface area contributed by atoms with Crippen LogP contribution in [0.15, 0.2) is 16.5 Å². The second kappa shape index (κ2) is 5.68. The number of aromatic nitrogens is 1. The Morgan fingerprint density at radius 3 is 2.63 bits per heavy atom. The molecule has 2 heterocycles. The Bertz CT molecular complexity index is 673. The van der Waals surface area contributed by atoms with Crippen LogP contribution < -0.4 is 4.72 Å². The van der Waals surface area contributed by atoms with Gasteiger partial charge in [0, 0.05) is 22.5 Å². The van der Waals surface area contributed by atoms with Crippen molar-refractivity contribution < 1.29 is 13.5 Å². The molecule has 104 valence electrons. The molecular weight excluding hydrogens is 304 g/mol. The van der Waals surface area contributed by atoms with E-state index in [1.54, 1.807) is 19.2 Å². The Balaban J connectivity index is 2.13. The molecule has 8 heteroatoms. The molecule has 0 saturated heterocycles. The minimum absolute atomic E-state index is 0.139. The first kappa shape index (κ1) is 14.6. The van der Waals surface area contributed by atoms with Gasteiger partial charge in [-0.05, 0) is 25.5 Å². The van der Waals surface area contributed by atoms with Crippen molar-refractivity contribution in [1.29, 1.82) is 0 Å². The Morgan fingerprint density at radius 2 is 2.11 bits per heavy atom. The third kappa shape index (κ3) is 3.40. The van der Waals surface area contributed by atoms with E-state index in [2.05, 4.69) is 9.71 Å². The van der Waals surface area contributed by atoms with E-state index in [9.17, 15) is 8.42 Å². The number of nitrogens with one attached hydrogen (secondary N) is 1. The minimum Gasteiger partial charge on any atom is -0.391 e. The maximum atomic E-state index is 12.1. The zero-order chi connectivity index (χ0) is 14.0. The molecule has 0 unspecified atom stereocenters. The molecular formula is C11H14N2O3S3. The molecule has 0 atom stereocenters. The molecule has 2 rings (SSSR count). The molecule has 2 N–H and O–H groups in total. The third-order valence-electron chi connectivity index (χ3n) is 2.51. The summed E-state index contributed by atoms with van der Waals surface area (Å²) in [6.45, 7) is 3.76. The summed E-state index contributed by atoms with van der Waals surface area (Å²) in [6, 6.07) is 1.58. The van der Waals surface area contributed by atoms with Crippen LogP contribution in [0.2, 0.25) is 0 Å². The zero-order valence-electron chi connectivity index (χ0n) is 10.5. The fourth-order valence-corrected chi connectivity index (χ4v) is 4.83. The van der Waals surface area contributed by atoms with Crippen molar-refractivity contribution in [2.24, 2.45) is 0 Å². The molecule has 2 aromatic heterocycles. The van der Waals surface area contributed by atoms with E-state index in [1.165, 1.54) is 11.3 Å². The summed E-state index contributed by atoms with van der Waals surface area (Å²) in [5.41, 5.74) is 0.793. The van der Waals surface area contributed by atoms with Gasteiger partial charge in [-0.15, -0.1) is 22.7 Å². The highest BCUT2D eigenvalue weighted by Crippen LogP contribution is 2.26. The summed E-state index contributed by atoms with van der Waals surface area (Å²) >= 11 is 2.56. The lowest BCUT2D eigenvalue weighted by molar-refractivity contribution is 0.285. The molecule has 0 aliphatic heterocycles. The molecule has 0 aliphatic rings. The molecule has 0 fully saturated rings. The molecule has 2 aromatic rings. The van der Waals surface area contributed by atoms with Gasteiger partial charge in [-0.2, -0.15) is 0 Å². The summed E-state index contributed by atoms with van der Waals surface area (Å²) < 4.78 is 27.0. The first-order valence-electron chi connectivity index (χ1n) is 5.53. The van der Waals surface area contributed by atoms with E-state index in [0.29, 0.717) is 4.88 Å². The number of aliphatic hydroxyl groups is 1. The average molecular weight is 318 g/mol. The van der Waals surface area contributed by atoms with E-state index >= 15 is 0 Å².